The van der Waals surface area contributed by atoms with Gasteiger partial charge in [-0.05, 0) is 35.9 Å². The van der Waals surface area contributed by atoms with E-state index in [1.807, 2.05) is 30.3 Å². The molecule has 2 aromatic heterocycles. The molecule has 0 spiro atoms. The number of rotatable bonds is 3. The summed E-state index contributed by atoms with van der Waals surface area (Å²) in [6.07, 6.45) is 3.46. The highest BCUT2D eigenvalue weighted by Gasteiger charge is 2.06. The van der Waals surface area contributed by atoms with Crippen molar-refractivity contribution < 1.29 is 4.92 Å². The predicted molar refractivity (Wildman–Crippen MR) is 79.6 cm³/mol. The number of benzene rings is 1. The Morgan fingerprint density at radius 3 is 2.10 bits per heavy atom. The summed E-state index contributed by atoms with van der Waals surface area (Å²) in [5.74, 6) is 0. The number of pyridine rings is 2. The maximum atomic E-state index is 10.6. The topological polar surface area (TPSA) is 68.9 Å². The van der Waals surface area contributed by atoms with Gasteiger partial charge in [-0.1, -0.05) is 12.1 Å². The van der Waals surface area contributed by atoms with E-state index in [9.17, 15) is 10.1 Å². The summed E-state index contributed by atoms with van der Waals surface area (Å²) < 4.78 is 0. The summed E-state index contributed by atoms with van der Waals surface area (Å²) in [6.45, 7) is 0. The lowest BCUT2D eigenvalue weighted by molar-refractivity contribution is -0.384. The summed E-state index contributed by atoms with van der Waals surface area (Å²) in [5, 5.41) is 10.6. The fourth-order valence-electron chi connectivity index (χ4n) is 2.01. The van der Waals surface area contributed by atoms with Crippen molar-refractivity contribution in [1.29, 1.82) is 0 Å². The van der Waals surface area contributed by atoms with Crippen LogP contribution in [0, 0.1) is 10.1 Å². The standard InChI is InChI=1S/C16H11N3O2/c20-19(21)14-7-4-12(5-8-14)13-6-9-16(18-11-13)15-3-1-2-10-17-15/h1-11H. The van der Waals surface area contributed by atoms with E-state index in [1.54, 1.807) is 24.5 Å². The molecule has 0 radical (unpaired) electrons. The first kappa shape index (κ1) is 12.9. The molecule has 21 heavy (non-hydrogen) atoms. The second kappa shape index (κ2) is 5.50. The minimum absolute atomic E-state index is 0.0804. The summed E-state index contributed by atoms with van der Waals surface area (Å²) in [6, 6.07) is 15.9. The Labute approximate surface area is 121 Å². The lowest BCUT2D eigenvalue weighted by Crippen LogP contribution is -1.89. The number of non-ortho nitro benzene ring substituents is 1. The van der Waals surface area contributed by atoms with Crippen molar-refractivity contribution in [2.24, 2.45) is 0 Å². The van der Waals surface area contributed by atoms with Crippen molar-refractivity contribution in [3.8, 4) is 22.5 Å². The molecule has 0 amide bonds. The van der Waals surface area contributed by atoms with Gasteiger partial charge in [-0.2, -0.15) is 0 Å². The fraction of sp³-hybridized carbons (Fsp3) is 0. The van der Waals surface area contributed by atoms with Crippen LogP contribution < -0.4 is 0 Å². The molecule has 5 heteroatoms. The first-order valence-electron chi connectivity index (χ1n) is 6.36. The van der Waals surface area contributed by atoms with Gasteiger partial charge in [0.1, 0.15) is 0 Å². The molecule has 3 rings (SSSR count). The molecule has 0 saturated heterocycles. The van der Waals surface area contributed by atoms with Gasteiger partial charge in [-0.25, -0.2) is 0 Å². The number of nitrogens with zero attached hydrogens (tertiary/aromatic N) is 3. The smallest absolute Gasteiger partial charge is 0.258 e. The SMILES string of the molecule is O=[N+]([O-])c1ccc(-c2ccc(-c3ccccn3)nc2)cc1. The average Bonchev–Trinajstić information content (AvgIpc) is 2.56. The van der Waals surface area contributed by atoms with Gasteiger partial charge in [0, 0.05) is 30.1 Å². The molecule has 0 atom stereocenters. The Morgan fingerprint density at radius 1 is 0.810 bits per heavy atom. The fourth-order valence-corrected chi connectivity index (χ4v) is 2.01. The van der Waals surface area contributed by atoms with Gasteiger partial charge in [-0.3, -0.25) is 20.1 Å². The van der Waals surface area contributed by atoms with Crippen molar-refractivity contribution in [1.82, 2.24) is 9.97 Å². The number of hydrogen-bond acceptors (Lipinski definition) is 4. The second-order valence-electron chi connectivity index (χ2n) is 4.45. The molecule has 3 aromatic rings. The van der Waals surface area contributed by atoms with E-state index in [0.29, 0.717) is 0 Å². The van der Waals surface area contributed by atoms with Crippen LogP contribution in [0.25, 0.3) is 22.5 Å². The molecule has 0 aliphatic carbocycles. The highest BCUT2D eigenvalue weighted by atomic mass is 16.6. The van der Waals surface area contributed by atoms with Crippen LogP contribution in [0.1, 0.15) is 0 Å². The zero-order chi connectivity index (χ0) is 14.7. The highest BCUT2D eigenvalue weighted by Crippen LogP contribution is 2.23. The van der Waals surface area contributed by atoms with Gasteiger partial charge in [0.15, 0.2) is 0 Å². The largest absolute Gasteiger partial charge is 0.269 e. The van der Waals surface area contributed by atoms with Crippen LogP contribution in [0.3, 0.4) is 0 Å². The molecule has 1 aromatic carbocycles. The normalized spacial score (nSPS) is 10.3. The van der Waals surface area contributed by atoms with Crippen LogP contribution in [-0.4, -0.2) is 14.9 Å². The second-order valence-corrected chi connectivity index (χ2v) is 4.45. The van der Waals surface area contributed by atoms with E-state index in [1.165, 1.54) is 12.1 Å². The number of aromatic nitrogens is 2. The molecule has 0 fully saturated rings. The van der Waals surface area contributed by atoms with Crippen LogP contribution in [0.15, 0.2) is 67.0 Å². The summed E-state index contributed by atoms with van der Waals surface area (Å²) in [5.41, 5.74) is 3.48. The summed E-state index contributed by atoms with van der Waals surface area (Å²) in [7, 11) is 0. The van der Waals surface area contributed by atoms with Gasteiger partial charge in [0.05, 0.1) is 16.3 Å². The molecule has 5 nitrogen and oxygen atoms in total. The van der Waals surface area contributed by atoms with E-state index < -0.39 is 4.92 Å². The first-order valence-corrected chi connectivity index (χ1v) is 6.36. The minimum Gasteiger partial charge on any atom is -0.258 e. The highest BCUT2D eigenvalue weighted by molar-refractivity contribution is 5.66. The van der Waals surface area contributed by atoms with Crippen LogP contribution in [0.2, 0.25) is 0 Å². The number of hydrogen-bond donors (Lipinski definition) is 0. The van der Waals surface area contributed by atoms with Crippen molar-refractivity contribution >= 4 is 5.69 Å². The third kappa shape index (κ3) is 2.76. The molecule has 2 heterocycles. The lowest BCUT2D eigenvalue weighted by atomic mass is 10.1. The molecule has 0 aliphatic rings. The van der Waals surface area contributed by atoms with Crippen LogP contribution >= 0.6 is 0 Å². The third-order valence-corrected chi connectivity index (χ3v) is 3.10. The van der Waals surface area contributed by atoms with E-state index >= 15 is 0 Å². The third-order valence-electron chi connectivity index (χ3n) is 3.10. The Kier molecular flexibility index (Phi) is 3.39. The quantitative estimate of drug-likeness (QED) is 0.540. The zero-order valence-corrected chi connectivity index (χ0v) is 11.0. The zero-order valence-electron chi connectivity index (χ0n) is 11.0. The van der Waals surface area contributed by atoms with Crippen molar-refractivity contribution in [2.45, 2.75) is 0 Å². The maximum absolute atomic E-state index is 10.6. The van der Waals surface area contributed by atoms with Gasteiger partial charge >= 0.3 is 0 Å². The Morgan fingerprint density at radius 2 is 1.52 bits per heavy atom. The van der Waals surface area contributed by atoms with Crippen molar-refractivity contribution in [2.75, 3.05) is 0 Å². The minimum atomic E-state index is -0.411. The Hall–Kier alpha value is -3.08. The van der Waals surface area contributed by atoms with Crippen LogP contribution in [-0.2, 0) is 0 Å². The van der Waals surface area contributed by atoms with E-state index in [2.05, 4.69) is 9.97 Å². The summed E-state index contributed by atoms with van der Waals surface area (Å²) in [4.78, 5) is 18.9. The predicted octanol–water partition coefficient (Wildman–Crippen LogP) is 3.72. The Balaban J connectivity index is 1.89. The van der Waals surface area contributed by atoms with Crippen LogP contribution in [0.5, 0.6) is 0 Å². The molecular weight excluding hydrogens is 266 g/mol. The van der Waals surface area contributed by atoms with Crippen LogP contribution in [0.4, 0.5) is 5.69 Å². The maximum Gasteiger partial charge on any atom is 0.269 e. The molecule has 0 N–H and O–H groups in total. The Bertz CT molecular complexity index is 754. The molecule has 0 bridgehead atoms. The first-order chi connectivity index (χ1) is 10.2. The molecular formula is C16H11N3O2. The van der Waals surface area contributed by atoms with Gasteiger partial charge in [0.2, 0.25) is 0 Å². The summed E-state index contributed by atoms with van der Waals surface area (Å²) >= 11 is 0. The van der Waals surface area contributed by atoms with Gasteiger partial charge < -0.3 is 0 Å². The van der Waals surface area contributed by atoms with E-state index in [-0.39, 0.29) is 5.69 Å². The monoisotopic (exact) mass is 277 g/mol. The lowest BCUT2D eigenvalue weighted by Gasteiger charge is -2.03. The molecule has 102 valence electrons. The molecule has 0 unspecified atom stereocenters. The number of nitro groups is 1. The van der Waals surface area contributed by atoms with Crippen molar-refractivity contribution in [3.63, 3.8) is 0 Å². The average molecular weight is 277 g/mol. The van der Waals surface area contributed by atoms with E-state index in [0.717, 1.165) is 22.5 Å². The molecule has 0 aliphatic heterocycles. The molecule has 0 saturated carbocycles. The van der Waals surface area contributed by atoms with Crippen molar-refractivity contribution in [3.05, 3.63) is 77.1 Å². The van der Waals surface area contributed by atoms with Gasteiger partial charge in [-0.15, -0.1) is 0 Å². The number of nitro benzene ring substituents is 1. The van der Waals surface area contributed by atoms with E-state index in [4.69, 9.17) is 0 Å². The van der Waals surface area contributed by atoms with Gasteiger partial charge in [0.25, 0.3) is 5.69 Å².